The molecule has 1 saturated carbocycles. The zero-order valence-electron chi connectivity index (χ0n) is 18.6. The van der Waals surface area contributed by atoms with Crippen molar-refractivity contribution < 1.29 is 9.21 Å². The van der Waals surface area contributed by atoms with Gasteiger partial charge in [-0.25, -0.2) is 14.5 Å². The molecule has 0 radical (unpaired) electrons. The molecule has 1 aliphatic carbocycles. The second-order valence-corrected chi connectivity index (χ2v) is 9.38. The molecule has 7 heteroatoms. The molecular weight excluding hydrogens is 416 g/mol. The van der Waals surface area contributed by atoms with Crippen LogP contribution < -0.4 is 5.69 Å². The van der Waals surface area contributed by atoms with Crippen molar-refractivity contribution in [2.24, 2.45) is 11.8 Å². The van der Waals surface area contributed by atoms with Crippen LogP contribution in [-0.2, 0) is 11.2 Å². The summed E-state index contributed by atoms with van der Waals surface area (Å²) < 4.78 is 7.21. The Morgan fingerprint density at radius 3 is 2.73 bits per heavy atom. The van der Waals surface area contributed by atoms with Gasteiger partial charge >= 0.3 is 5.69 Å². The van der Waals surface area contributed by atoms with E-state index in [0.29, 0.717) is 24.1 Å². The van der Waals surface area contributed by atoms with Crippen molar-refractivity contribution >= 4 is 16.9 Å². The third-order valence-corrected chi connectivity index (χ3v) is 6.93. The number of carbonyl (C=O) groups excluding carboxylic acids is 1. The first-order valence-electron chi connectivity index (χ1n) is 11.6. The molecule has 6 rings (SSSR count). The van der Waals surface area contributed by atoms with E-state index in [9.17, 15) is 9.59 Å². The van der Waals surface area contributed by atoms with Crippen LogP contribution in [0.4, 0.5) is 0 Å². The van der Waals surface area contributed by atoms with Crippen LogP contribution in [0.5, 0.6) is 0 Å². The fourth-order valence-electron chi connectivity index (χ4n) is 5.01. The van der Waals surface area contributed by atoms with Crippen LogP contribution in [0, 0.1) is 18.8 Å². The number of nitrogens with one attached hydrogen (secondary N) is 1. The highest BCUT2D eigenvalue weighted by atomic mass is 16.3. The zero-order valence-corrected chi connectivity index (χ0v) is 18.6. The van der Waals surface area contributed by atoms with Crippen LogP contribution in [0.3, 0.4) is 0 Å². The maximum atomic E-state index is 12.6. The van der Waals surface area contributed by atoms with Crippen molar-refractivity contribution in [3.8, 4) is 16.8 Å². The van der Waals surface area contributed by atoms with Crippen molar-refractivity contribution in [1.29, 1.82) is 0 Å². The van der Waals surface area contributed by atoms with Crippen LogP contribution in [0.1, 0.15) is 30.7 Å². The van der Waals surface area contributed by atoms with Crippen molar-refractivity contribution in [3.05, 3.63) is 70.6 Å². The number of H-pyrrole nitrogens is 1. The molecular formula is C26H26N4O3. The van der Waals surface area contributed by atoms with Crippen LogP contribution in [0.25, 0.3) is 27.8 Å². The Balaban J connectivity index is 1.23. The minimum atomic E-state index is -0.239. The Morgan fingerprint density at radius 2 is 1.94 bits per heavy atom. The van der Waals surface area contributed by atoms with E-state index in [2.05, 4.69) is 22.3 Å². The molecule has 2 aliphatic rings. The van der Waals surface area contributed by atoms with Crippen molar-refractivity contribution in [1.82, 2.24) is 19.7 Å². The Hall–Kier alpha value is -3.61. The summed E-state index contributed by atoms with van der Waals surface area (Å²) in [4.78, 5) is 26.9. The summed E-state index contributed by atoms with van der Waals surface area (Å²) in [5, 5.41) is 7.99. The van der Waals surface area contributed by atoms with Crippen molar-refractivity contribution in [3.63, 3.8) is 0 Å². The summed E-state index contributed by atoms with van der Waals surface area (Å²) in [5.74, 6) is 1.60. The summed E-state index contributed by atoms with van der Waals surface area (Å²) in [6.45, 7) is 3.61. The summed E-state index contributed by atoms with van der Waals surface area (Å²) >= 11 is 0. The summed E-state index contributed by atoms with van der Waals surface area (Å²) in [6, 6.07) is 14.2. The van der Waals surface area contributed by atoms with Crippen molar-refractivity contribution in [2.75, 3.05) is 13.1 Å². The van der Waals surface area contributed by atoms with Gasteiger partial charge in [-0.15, -0.1) is 0 Å². The molecule has 1 aliphatic heterocycles. The van der Waals surface area contributed by atoms with Gasteiger partial charge in [0.05, 0.1) is 12.0 Å². The third-order valence-electron chi connectivity index (χ3n) is 6.93. The lowest BCUT2D eigenvalue weighted by atomic mass is 10.0. The number of benzene rings is 2. The number of aromatic amines is 1. The lowest BCUT2D eigenvalue weighted by molar-refractivity contribution is -0.131. The van der Waals surface area contributed by atoms with Gasteiger partial charge < -0.3 is 9.32 Å². The van der Waals surface area contributed by atoms with Crippen LogP contribution in [-0.4, -0.2) is 38.7 Å². The molecule has 2 aromatic carbocycles. The maximum absolute atomic E-state index is 12.6. The molecule has 0 bridgehead atoms. The molecule has 1 N–H and O–H groups in total. The van der Waals surface area contributed by atoms with Gasteiger partial charge in [0.15, 0.2) is 0 Å². The second kappa shape index (κ2) is 7.76. The third kappa shape index (κ3) is 3.67. The van der Waals surface area contributed by atoms with Gasteiger partial charge in [0, 0.05) is 30.8 Å². The van der Waals surface area contributed by atoms with E-state index in [1.807, 2.05) is 42.2 Å². The highest BCUT2D eigenvalue weighted by molar-refractivity contribution is 5.86. The summed E-state index contributed by atoms with van der Waals surface area (Å²) in [6.07, 6.45) is 5.40. The molecule has 0 spiro atoms. The number of aromatic nitrogens is 3. The molecule has 168 valence electrons. The standard InChI is InChI=1S/C26H26N4O3/c1-16-12-21(14-20-9-11-33-24(16)20)18-4-6-22(7-5-18)30-23(27-28-26(30)32)13-17-8-10-29(15-17)25(31)19-2-3-19/h4-7,9,11-12,14,17,19H,2-3,8,10,13,15H2,1H3,(H,28,32). The number of amides is 1. The van der Waals surface area contributed by atoms with E-state index in [1.54, 1.807) is 10.8 Å². The molecule has 1 atom stereocenters. The SMILES string of the molecule is Cc1cc(-c2ccc(-n3c(CC4CCN(C(=O)C5CC5)C4)n[nH]c3=O)cc2)cc2ccoc12. The first kappa shape index (κ1) is 20.0. The number of carbonyl (C=O) groups is 1. The van der Waals surface area contributed by atoms with Gasteiger partial charge in [0.2, 0.25) is 5.91 Å². The minimum absolute atomic E-state index is 0.239. The Kier molecular flexibility index (Phi) is 4.71. The van der Waals surface area contributed by atoms with E-state index >= 15 is 0 Å². The van der Waals surface area contributed by atoms with Crippen molar-refractivity contribution in [2.45, 2.75) is 32.6 Å². The Morgan fingerprint density at radius 1 is 1.12 bits per heavy atom. The molecule has 33 heavy (non-hydrogen) atoms. The smallest absolute Gasteiger partial charge is 0.347 e. The van der Waals surface area contributed by atoms with Gasteiger partial charge in [-0.05, 0) is 79.1 Å². The summed E-state index contributed by atoms with van der Waals surface area (Å²) in [7, 11) is 0. The average molecular weight is 443 g/mol. The predicted molar refractivity (Wildman–Crippen MR) is 125 cm³/mol. The molecule has 1 amide bonds. The lowest BCUT2D eigenvalue weighted by Crippen LogP contribution is -2.30. The first-order valence-corrected chi connectivity index (χ1v) is 11.6. The monoisotopic (exact) mass is 442 g/mol. The number of hydrogen-bond donors (Lipinski definition) is 1. The molecule has 4 aromatic rings. The lowest BCUT2D eigenvalue weighted by Gasteiger charge is -2.16. The normalized spacial score (nSPS) is 18.3. The van der Waals surface area contributed by atoms with Crippen LogP contribution in [0.2, 0.25) is 0 Å². The number of nitrogens with zero attached hydrogens (tertiary/aromatic N) is 3. The number of aryl methyl sites for hydroxylation is 1. The molecule has 2 aromatic heterocycles. The van der Waals surface area contributed by atoms with E-state index in [4.69, 9.17) is 4.42 Å². The molecule has 2 fully saturated rings. The van der Waals surface area contributed by atoms with E-state index in [-0.39, 0.29) is 11.6 Å². The molecule has 1 saturated heterocycles. The number of rotatable bonds is 5. The number of hydrogen-bond acceptors (Lipinski definition) is 4. The second-order valence-electron chi connectivity index (χ2n) is 9.38. The molecule has 1 unspecified atom stereocenters. The quantitative estimate of drug-likeness (QED) is 0.505. The fourth-order valence-corrected chi connectivity index (χ4v) is 5.01. The Bertz CT molecular complexity index is 1390. The maximum Gasteiger partial charge on any atom is 0.347 e. The predicted octanol–water partition coefficient (Wildman–Crippen LogP) is 4.08. The Labute approximate surface area is 191 Å². The van der Waals surface area contributed by atoms with Crippen LogP contribution in [0.15, 0.2) is 57.9 Å². The van der Waals surface area contributed by atoms with E-state index in [0.717, 1.165) is 65.7 Å². The van der Waals surface area contributed by atoms with Gasteiger partial charge in [-0.2, -0.15) is 5.10 Å². The summed E-state index contributed by atoms with van der Waals surface area (Å²) in [5.41, 5.74) is 4.74. The number of furan rings is 1. The first-order chi connectivity index (χ1) is 16.1. The number of likely N-dealkylation sites (tertiary alicyclic amines) is 1. The molecule has 7 nitrogen and oxygen atoms in total. The van der Waals surface area contributed by atoms with Gasteiger partial charge in [-0.3, -0.25) is 4.79 Å². The average Bonchev–Trinajstić information content (AvgIpc) is 3.19. The highest BCUT2D eigenvalue weighted by Crippen LogP contribution is 2.33. The highest BCUT2D eigenvalue weighted by Gasteiger charge is 2.36. The fraction of sp³-hybridized carbons (Fsp3) is 0.346. The van der Waals surface area contributed by atoms with Crippen LogP contribution >= 0.6 is 0 Å². The van der Waals surface area contributed by atoms with E-state index < -0.39 is 0 Å². The van der Waals surface area contributed by atoms with Gasteiger partial charge in [-0.1, -0.05) is 12.1 Å². The largest absolute Gasteiger partial charge is 0.464 e. The van der Waals surface area contributed by atoms with Gasteiger partial charge in [0.1, 0.15) is 11.4 Å². The topological polar surface area (TPSA) is 84.1 Å². The van der Waals surface area contributed by atoms with E-state index in [1.165, 1.54) is 0 Å². The van der Waals surface area contributed by atoms with Gasteiger partial charge in [0.25, 0.3) is 0 Å². The minimum Gasteiger partial charge on any atom is -0.464 e. The zero-order chi connectivity index (χ0) is 22.5. The molecule has 3 heterocycles. The number of fused-ring (bicyclic) bond motifs is 1.